The van der Waals surface area contributed by atoms with Crippen LogP contribution in [0.15, 0.2) is 36.9 Å². The van der Waals surface area contributed by atoms with Crippen molar-refractivity contribution < 1.29 is 0 Å². The highest BCUT2D eigenvalue weighted by molar-refractivity contribution is 9.09. The Balaban J connectivity index is 1.77. The minimum Gasteiger partial charge on any atom is -0.279 e. The van der Waals surface area contributed by atoms with E-state index in [1.807, 2.05) is 28.9 Å². The first-order valence-corrected chi connectivity index (χ1v) is 10.2. The summed E-state index contributed by atoms with van der Waals surface area (Å²) in [4.78, 5) is 0. The van der Waals surface area contributed by atoms with Crippen LogP contribution in [0, 0.1) is 11.3 Å². The Morgan fingerprint density at radius 1 is 0.880 bits per heavy atom. The Morgan fingerprint density at radius 3 is 2.00 bits per heavy atom. The Bertz CT molecular complexity index is 618. The number of halogens is 1. The lowest BCUT2D eigenvalue weighted by atomic mass is 10.1. The minimum absolute atomic E-state index is 0.673. The van der Waals surface area contributed by atoms with Crippen molar-refractivity contribution in [2.75, 3.05) is 16.9 Å². The first-order valence-electron chi connectivity index (χ1n) is 9.03. The van der Waals surface area contributed by atoms with Crippen molar-refractivity contribution in [1.82, 2.24) is 14.9 Å². The number of alkyl halides is 1. The number of nitrogens with zero attached hydrogens (tertiary/aromatic N) is 5. The predicted octanol–water partition coefficient (Wildman–Crippen LogP) is 4.94. The Labute approximate surface area is 158 Å². The van der Waals surface area contributed by atoms with Crippen LogP contribution in [0.5, 0.6) is 0 Å². The van der Waals surface area contributed by atoms with Crippen LogP contribution in [-0.4, -0.2) is 26.7 Å². The molecule has 0 unspecified atom stereocenters. The molecule has 0 aliphatic heterocycles. The molecule has 6 heteroatoms. The average molecular weight is 404 g/mol. The Hall–Kier alpha value is -1.87. The van der Waals surface area contributed by atoms with Crippen molar-refractivity contribution in [2.24, 2.45) is 0 Å². The lowest BCUT2D eigenvalue weighted by Crippen LogP contribution is -2.29. The second-order valence-corrected chi connectivity index (χ2v) is 6.93. The first-order chi connectivity index (χ1) is 12.3. The summed E-state index contributed by atoms with van der Waals surface area (Å²) in [6.07, 6.45) is 13.7. The molecule has 5 nitrogen and oxygen atoms in total. The van der Waals surface area contributed by atoms with Gasteiger partial charge < -0.3 is 0 Å². The van der Waals surface area contributed by atoms with E-state index >= 15 is 0 Å². The van der Waals surface area contributed by atoms with E-state index < -0.39 is 0 Å². The van der Waals surface area contributed by atoms with Gasteiger partial charge in [-0.05, 0) is 37.1 Å². The average Bonchev–Trinajstić information content (AvgIpc) is 3.18. The van der Waals surface area contributed by atoms with E-state index in [9.17, 15) is 0 Å². The van der Waals surface area contributed by atoms with Gasteiger partial charge in [0.25, 0.3) is 0 Å². The zero-order valence-electron chi connectivity index (χ0n) is 14.6. The molecule has 1 heterocycles. The molecule has 0 atom stereocenters. The monoisotopic (exact) mass is 403 g/mol. The number of anilines is 1. The smallest absolute Gasteiger partial charge is 0.139 e. The van der Waals surface area contributed by atoms with Crippen molar-refractivity contribution in [3.8, 4) is 6.07 Å². The second kappa shape index (κ2) is 11.6. The standard InChI is InChI=1S/C19H26BrN5/c20-13-7-5-3-1-2-4-6-8-14-25(24-16-22-23-17-24)19-11-9-18(15-21)10-12-19/h9-12,16-17H,1-8,13-14H2. The summed E-state index contributed by atoms with van der Waals surface area (Å²) in [6, 6.07) is 9.80. The molecule has 0 saturated carbocycles. The number of hydrogen-bond donors (Lipinski definition) is 0. The molecule has 0 radical (unpaired) electrons. The largest absolute Gasteiger partial charge is 0.279 e. The van der Waals surface area contributed by atoms with Crippen LogP contribution < -0.4 is 5.01 Å². The van der Waals surface area contributed by atoms with E-state index in [2.05, 4.69) is 37.2 Å². The zero-order chi connectivity index (χ0) is 17.7. The van der Waals surface area contributed by atoms with Crippen molar-refractivity contribution in [3.63, 3.8) is 0 Å². The van der Waals surface area contributed by atoms with Crippen LogP contribution in [0.4, 0.5) is 5.69 Å². The van der Waals surface area contributed by atoms with E-state index in [4.69, 9.17) is 5.26 Å². The Kier molecular flexibility index (Phi) is 9.06. The maximum absolute atomic E-state index is 8.95. The highest BCUT2D eigenvalue weighted by Gasteiger charge is 2.08. The number of unbranched alkanes of at least 4 members (excludes halogenated alkanes) is 7. The quantitative estimate of drug-likeness (QED) is 0.372. The summed E-state index contributed by atoms with van der Waals surface area (Å²) in [7, 11) is 0. The molecule has 0 aliphatic rings. The van der Waals surface area contributed by atoms with Gasteiger partial charge in [-0.25, -0.2) is 4.68 Å². The second-order valence-electron chi connectivity index (χ2n) is 6.14. The first kappa shape index (κ1) is 19.5. The molecule has 2 aromatic rings. The number of aromatic nitrogens is 3. The van der Waals surface area contributed by atoms with E-state index in [0.29, 0.717) is 5.56 Å². The van der Waals surface area contributed by atoms with Gasteiger partial charge in [-0.3, -0.25) is 5.01 Å². The predicted molar refractivity (Wildman–Crippen MR) is 105 cm³/mol. The van der Waals surface area contributed by atoms with Crippen LogP contribution >= 0.6 is 15.9 Å². The van der Waals surface area contributed by atoms with E-state index in [1.54, 1.807) is 12.7 Å². The molecule has 0 saturated heterocycles. The van der Waals surface area contributed by atoms with Gasteiger partial charge in [0.1, 0.15) is 12.7 Å². The number of benzene rings is 1. The molecule has 1 aromatic heterocycles. The van der Waals surface area contributed by atoms with Gasteiger partial charge in [-0.1, -0.05) is 54.5 Å². The van der Waals surface area contributed by atoms with Gasteiger partial charge in [0.15, 0.2) is 0 Å². The van der Waals surface area contributed by atoms with Gasteiger partial charge in [-0.15, -0.1) is 10.2 Å². The minimum atomic E-state index is 0.673. The highest BCUT2D eigenvalue weighted by Crippen LogP contribution is 2.17. The van der Waals surface area contributed by atoms with Crippen LogP contribution in [0.1, 0.15) is 56.9 Å². The molecule has 0 aliphatic carbocycles. The number of nitriles is 1. The normalized spacial score (nSPS) is 10.6. The van der Waals surface area contributed by atoms with E-state index in [1.165, 1.54) is 44.9 Å². The summed E-state index contributed by atoms with van der Waals surface area (Å²) >= 11 is 3.48. The van der Waals surface area contributed by atoms with Gasteiger partial charge in [0, 0.05) is 11.9 Å². The van der Waals surface area contributed by atoms with Crippen LogP contribution in [0.25, 0.3) is 0 Å². The number of rotatable bonds is 12. The molecule has 0 amide bonds. The molecule has 0 bridgehead atoms. The summed E-state index contributed by atoms with van der Waals surface area (Å²) in [5, 5.41) is 20.1. The van der Waals surface area contributed by atoms with Crippen molar-refractivity contribution in [2.45, 2.75) is 51.4 Å². The van der Waals surface area contributed by atoms with Gasteiger partial charge in [0.2, 0.25) is 0 Å². The molecule has 2 rings (SSSR count). The fourth-order valence-corrected chi connectivity index (χ4v) is 3.22. The van der Waals surface area contributed by atoms with E-state index in [0.717, 1.165) is 24.0 Å². The third-order valence-electron chi connectivity index (χ3n) is 4.23. The molecule has 1 aromatic carbocycles. The molecule has 0 N–H and O–H groups in total. The van der Waals surface area contributed by atoms with Crippen molar-refractivity contribution in [1.29, 1.82) is 5.26 Å². The van der Waals surface area contributed by atoms with Crippen molar-refractivity contribution in [3.05, 3.63) is 42.5 Å². The fraction of sp³-hybridized carbons (Fsp3) is 0.526. The van der Waals surface area contributed by atoms with Crippen molar-refractivity contribution >= 4 is 21.6 Å². The summed E-state index contributed by atoms with van der Waals surface area (Å²) in [5.41, 5.74) is 1.72. The summed E-state index contributed by atoms with van der Waals surface area (Å²) in [6.45, 7) is 0.910. The Morgan fingerprint density at radius 2 is 1.44 bits per heavy atom. The van der Waals surface area contributed by atoms with Crippen LogP contribution in [-0.2, 0) is 0 Å². The zero-order valence-corrected chi connectivity index (χ0v) is 16.2. The van der Waals surface area contributed by atoms with Gasteiger partial charge in [0.05, 0.1) is 17.3 Å². The summed E-state index contributed by atoms with van der Waals surface area (Å²) in [5.74, 6) is 0. The van der Waals surface area contributed by atoms with Gasteiger partial charge >= 0.3 is 0 Å². The van der Waals surface area contributed by atoms with Crippen LogP contribution in [0.2, 0.25) is 0 Å². The molecular formula is C19H26BrN5. The van der Waals surface area contributed by atoms with Crippen LogP contribution in [0.3, 0.4) is 0 Å². The molecule has 0 spiro atoms. The van der Waals surface area contributed by atoms with E-state index in [-0.39, 0.29) is 0 Å². The lowest BCUT2D eigenvalue weighted by molar-refractivity contribution is 0.561. The molecule has 134 valence electrons. The molecular weight excluding hydrogens is 378 g/mol. The number of hydrogen-bond acceptors (Lipinski definition) is 4. The maximum Gasteiger partial charge on any atom is 0.139 e. The molecule has 25 heavy (non-hydrogen) atoms. The van der Waals surface area contributed by atoms with Gasteiger partial charge in [-0.2, -0.15) is 5.26 Å². The third-order valence-corrected chi connectivity index (χ3v) is 4.79. The molecule has 0 fully saturated rings. The third kappa shape index (κ3) is 6.87. The topological polar surface area (TPSA) is 57.7 Å². The highest BCUT2D eigenvalue weighted by atomic mass is 79.9. The SMILES string of the molecule is N#Cc1ccc(N(CCCCCCCCCCBr)n2cnnc2)cc1. The summed E-state index contributed by atoms with van der Waals surface area (Å²) < 4.78 is 1.90. The fourth-order valence-electron chi connectivity index (χ4n) is 2.82. The maximum atomic E-state index is 8.95. The lowest BCUT2D eigenvalue weighted by Gasteiger charge is -2.24.